The number of para-hydroxylation sites is 1. The molecule has 138 valence electrons. The number of hydrogen-bond donors (Lipinski definition) is 2. The average molecular weight is 377 g/mol. The van der Waals surface area contributed by atoms with Crippen LogP contribution in [-0.2, 0) is 14.6 Å². The van der Waals surface area contributed by atoms with E-state index < -0.39 is 15.8 Å². The molecule has 0 bridgehead atoms. The Balaban J connectivity index is 1.74. The lowest BCUT2D eigenvalue weighted by Crippen LogP contribution is -2.22. The third-order valence-electron chi connectivity index (χ3n) is 3.81. The quantitative estimate of drug-likeness (QED) is 0.719. The maximum absolute atomic E-state index is 12.0. The van der Waals surface area contributed by atoms with Gasteiger partial charge in [-0.25, -0.2) is 13.2 Å². The molecule has 3 rings (SSSR count). The number of sulfone groups is 1. The van der Waals surface area contributed by atoms with E-state index in [0.29, 0.717) is 23.5 Å². The Bertz CT molecular complexity index is 903. The zero-order valence-corrected chi connectivity index (χ0v) is 15.0. The second-order valence-electron chi connectivity index (χ2n) is 5.80. The molecule has 1 fully saturated rings. The van der Waals surface area contributed by atoms with Gasteiger partial charge >= 0.3 is 5.97 Å². The number of esters is 1. The average Bonchev–Trinajstić information content (AvgIpc) is 2.94. The molecule has 0 saturated carbocycles. The molecule has 2 N–H and O–H groups in total. The predicted octanol–water partition coefficient (Wildman–Crippen LogP) is 1.39. The van der Waals surface area contributed by atoms with E-state index in [9.17, 15) is 13.2 Å². The molecular formula is C16H19N5O4S. The second-order valence-corrected chi connectivity index (χ2v) is 8.03. The third kappa shape index (κ3) is 4.45. The van der Waals surface area contributed by atoms with Crippen LogP contribution in [-0.4, -0.2) is 53.7 Å². The van der Waals surface area contributed by atoms with E-state index in [0.717, 1.165) is 0 Å². The monoisotopic (exact) mass is 377 g/mol. The minimum Gasteiger partial charge on any atom is -0.462 e. The maximum Gasteiger partial charge on any atom is 0.340 e. The topological polar surface area (TPSA) is 123 Å². The van der Waals surface area contributed by atoms with Crippen LogP contribution in [0.25, 0.3) is 0 Å². The van der Waals surface area contributed by atoms with Gasteiger partial charge in [0.05, 0.1) is 35.6 Å². The number of nitrogens with one attached hydrogen (secondary N) is 2. The zero-order valence-electron chi connectivity index (χ0n) is 14.2. The van der Waals surface area contributed by atoms with Crippen LogP contribution in [0.15, 0.2) is 30.5 Å². The molecule has 1 aliphatic rings. The molecule has 1 aromatic heterocycles. The largest absolute Gasteiger partial charge is 0.462 e. The first-order valence-corrected chi connectivity index (χ1v) is 9.99. The molecule has 26 heavy (non-hydrogen) atoms. The Morgan fingerprint density at radius 1 is 1.35 bits per heavy atom. The number of rotatable bonds is 6. The number of anilines is 3. The van der Waals surface area contributed by atoms with Gasteiger partial charge in [-0.15, -0.1) is 5.10 Å². The third-order valence-corrected chi connectivity index (χ3v) is 5.58. The summed E-state index contributed by atoms with van der Waals surface area (Å²) in [5, 5.41) is 13.8. The van der Waals surface area contributed by atoms with Gasteiger partial charge in [-0.05, 0) is 25.5 Å². The molecule has 1 aliphatic heterocycles. The van der Waals surface area contributed by atoms with Crippen molar-refractivity contribution in [2.75, 3.05) is 28.7 Å². The summed E-state index contributed by atoms with van der Waals surface area (Å²) >= 11 is 0. The molecular weight excluding hydrogens is 358 g/mol. The smallest absolute Gasteiger partial charge is 0.340 e. The molecule has 10 heteroatoms. The highest BCUT2D eigenvalue weighted by Crippen LogP contribution is 2.21. The Morgan fingerprint density at radius 3 is 2.88 bits per heavy atom. The number of aromatic nitrogens is 3. The van der Waals surface area contributed by atoms with Crippen LogP contribution in [0.3, 0.4) is 0 Å². The first-order valence-electron chi connectivity index (χ1n) is 8.16. The highest BCUT2D eigenvalue weighted by Gasteiger charge is 2.28. The van der Waals surface area contributed by atoms with E-state index in [2.05, 4.69) is 25.8 Å². The summed E-state index contributed by atoms with van der Waals surface area (Å²) in [5.41, 5.74) is 0.908. The van der Waals surface area contributed by atoms with Gasteiger partial charge < -0.3 is 15.4 Å². The van der Waals surface area contributed by atoms with Crippen LogP contribution in [0.1, 0.15) is 23.7 Å². The van der Waals surface area contributed by atoms with Crippen LogP contribution in [0.4, 0.5) is 17.5 Å². The molecule has 1 unspecified atom stereocenters. The molecule has 9 nitrogen and oxygen atoms in total. The van der Waals surface area contributed by atoms with E-state index in [1.54, 1.807) is 31.2 Å². The number of nitrogens with zero attached hydrogens (tertiary/aromatic N) is 3. The number of carbonyl (C=O) groups is 1. The highest BCUT2D eigenvalue weighted by molar-refractivity contribution is 7.91. The van der Waals surface area contributed by atoms with Crippen molar-refractivity contribution in [3.63, 3.8) is 0 Å². The van der Waals surface area contributed by atoms with Crippen LogP contribution in [0.5, 0.6) is 0 Å². The standard InChI is InChI=1S/C16H19N5O4S/c1-2-25-15(22)12-5-3-4-6-13(12)19-14-9-17-21-16(20-14)18-11-7-8-26(23,24)10-11/h3-6,9,11H,2,7-8,10H2,1H3,(H2,18,19,20,21). The van der Waals surface area contributed by atoms with Crippen LogP contribution in [0.2, 0.25) is 0 Å². The summed E-state index contributed by atoms with van der Waals surface area (Å²) in [6.07, 6.45) is 1.92. The van der Waals surface area contributed by atoms with E-state index in [-0.39, 0.29) is 30.1 Å². The fraction of sp³-hybridized carbons (Fsp3) is 0.375. The van der Waals surface area contributed by atoms with Gasteiger partial charge in [0.25, 0.3) is 0 Å². The van der Waals surface area contributed by atoms with Gasteiger partial charge in [-0.1, -0.05) is 12.1 Å². The van der Waals surface area contributed by atoms with Gasteiger partial charge in [-0.2, -0.15) is 10.1 Å². The maximum atomic E-state index is 12.0. The summed E-state index contributed by atoms with van der Waals surface area (Å²) in [6.45, 7) is 2.02. The van der Waals surface area contributed by atoms with Crippen LogP contribution in [0, 0.1) is 0 Å². The van der Waals surface area contributed by atoms with Crippen molar-refractivity contribution in [1.29, 1.82) is 0 Å². The SMILES string of the molecule is CCOC(=O)c1ccccc1Nc1cnnc(NC2CCS(=O)(=O)C2)n1. The lowest BCUT2D eigenvalue weighted by Gasteiger charge is -2.13. The zero-order chi connectivity index (χ0) is 18.6. The molecule has 1 atom stereocenters. The molecule has 1 aromatic carbocycles. The molecule has 2 heterocycles. The fourth-order valence-electron chi connectivity index (χ4n) is 2.63. The summed E-state index contributed by atoms with van der Waals surface area (Å²) in [6, 6.07) is 6.66. The molecule has 0 aliphatic carbocycles. The van der Waals surface area contributed by atoms with Crippen molar-refractivity contribution >= 4 is 33.3 Å². The molecule has 0 amide bonds. The molecule has 1 saturated heterocycles. The number of hydrogen-bond acceptors (Lipinski definition) is 9. The summed E-state index contributed by atoms with van der Waals surface area (Å²) in [5.74, 6) is 0.376. The first kappa shape index (κ1) is 18.1. The Labute approximate surface area is 151 Å². The lowest BCUT2D eigenvalue weighted by molar-refractivity contribution is 0.0527. The minimum atomic E-state index is -3.00. The number of carbonyl (C=O) groups excluding carboxylic acids is 1. The summed E-state index contributed by atoms with van der Waals surface area (Å²) < 4.78 is 28.1. The van der Waals surface area contributed by atoms with Gasteiger partial charge in [0.2, 0.25) is 5.95 Å². The van der Waals surface area contributed by atoms with Gasteiger partial charge in [0.15, 0.2) is 15.7 Å². The lowest BCUT2D eigenvalue weighted by atomic mass is 10.2. The molecule has 0 radical (unpaired) electrons. The van der Waals surface area contributed by atoms with Crippen molar-refractivity contribution in [2.24, 2.45) is 0 Å². The van der Waals surface area contributed by atoms with Crippen molar-refractivity contribution < 1.29 is 17.9 Å². The van der Waals surface area contributed by atoms with E-state index >= 15 is 0 Å². The highest BCUT2D eigenvalue weighted by atomic mass is 32.2. The number of benzene rings is 1. The van der Waals surface area contributed by atoms with E-state index in [4.69, 9.17) is 4.74 Å². The van der Waals surface area contributed by atoms with Gasteiger partial charge in [0.1, 0.15) is 0 Å². The molecule has 2 aromatic rings. The van der Waals surface area contributed by atoms with Crippen molar-refractivity contribution in [3.05, 3.63) is 36.0 Å². The minimum absolute atomic E-state index is 0.0553. The fourth-order valence-corrected chi connectivity index (χ4v) is 4.31. The Hall–Kier alpha value is -2.75. The van der Waals surface area contributed by atoms with Crippen molar-refractivity contribution in [3.8, 4) is 0 Å². The molecule has 0 spiro atoms. The van der Waals surface area contributed by atoms with Gasteiger partial charge in [-0.3, -0.25) is 0 Å². The van der Waals surface area contributed by atoms with Crippen LogP contribution < -0.4 is 10.6 Å². The second kappa shape index (κ2) is 7.65. The number of ether oxygens (including phenoxy) is 1. The normalized spacial score (nSPS) is 18.3. The summed E-state index contributed by atoms with van der Waals surface area (Å²) in [4.78, 5) is 16.3. The Kier molecular flexibility index (Phi) is 5.31. The summed E-state index contributed by atoms with van der Waals surface area (Å²) in [7, 11) is -3.00. The van der Waals surface area contributed by atoms with Gasteiger partial charge in [0, 0.05) is 6.04 Å². The van der Waals surface area contributed by atoms with Crippen molar-refractivity contribution in [1.82, 2.24) is 15.2 Å². The predicted molar refractivity (Wildman–Crippen MR) is 96.2 cm³/mol. The van der Waals surface area contributed by atoms with E-state index in [1.165, 1.54) is 6.20 Å². The first-order chi connectivity index (χ1) is 12.5. The Morgan fingerprint density at radius 2 is 2.15 bits per heavy atom. The van der Waals surface area contributed by atoms with E-state index in [1.807, 2.05) is 0 Å². The van der Waals surface area contributed by atoms with Crippen LogP contribution >= 0.6 is 0 Å². The van der Waals surface area contributed by atoms with Crippen molar-refractivity contribution in [2.45, 2.75) is 19.4 Å².